The van der Waals surface area contributed by atoms with E-state index in [4.69, 9.17) is 0 Å². The van der Waals surface area contributed by atoms with E-state index in [0.717, 1.165) is 0 Å². The molecule has 92 valence electrons. The summed E-state index contributed by atoms with van der Waals surface area (Å²) in [7, 11) is 0. The van der Waals surface area contributed by atoms with E-state index in [1.807, 2.05) is 13.8 Å². The van der Waals surface area contributed by atoms with Crippen LogP contribution in [0.1, 0.15) is 34.1 Å². The lowest BCUT2D eigenvalue weighted by Gasteiger charge is -2.13. The summed E-state index contributed by atoms with van der Waals surface area (Å²) in [4.78, 5) is 10.2. The van der Waals surface area contributed by atoms with E-state index in [2.05, 4.69) is 0 Å². The minimum Gasteiger partial charge on any atom is -0.319 e. The monoisotopic (exact) mass is 231 g/mol. The number of amides is 1. The van der Waals surface area contributed by atoms with Crippen molar-refractivity contribution in [2.45, 2.75) is 46.6 Å². The number of hydrogen-bond donors (Lipinski definition) is 1. The summed E-state index contributed by atoms with van der Waals surface area (Å²) in [5, 5.41) is 1.22. The van der Waals surface area contributed by atoms with Crippen LogP contribution in [-0.4, -0.2) is 18.4 Å². The summed E-state index contributed by atoms with van der Waals surface area (Å²) in [6.07, 6.45) is -7.07. The Morgan fingerprint density at radius 3 is 1.93 bits per heavy atom. The number of halogens is 4. The zero-order valence-corrected chi connectivity index (χ0v) is 9.28. The summed E-state index contributed by atoms with van der Waals surface area (Å²) in [6, 6.07) is 0. The number of hydrogen-bond acceptors (Lipinski definition) is 1. The van der Waals surface area contributed by atoms with Gasteiger partial charge < -0.3 is 5.32 Å². The molecule has 1 atom stereocenters. The molecule has 0 fully saturated rings. The Morgan fingerprint density at radius 2 is 1.67 bits per heavy atom. The first kappa shape index (κ1) is 16.6. The third-order valence-electron chi connectivity index (χ3n) is 1.22. The van der Waals surface area contributed by atoms with Crippen LogP contribution in [0.5, 0.6) is 0 Å². The van der Waals surface area contributed by atoms with Crippen molar-refractivity contribution >= 4 is 5.91 Å². The molecule has 0 aromatic rings. The fraction of sp³-hybridized carbons (Fsp3) is 0.889. The van der Waals surface area contributed by atoms with Gasteiger partial charge in [0, 0.05) is 0 Å². The summed E-state index contributed by atoms with van der Waals surface area (Å²) >= 11 is 0. The number of rotatable bonds is 3. The SMILES string of the molecule is CC.CC(C)CC(F)NC(=O)C(F)(F)F. The highest BCUT2D eigenvalue weighted by atomic mass is 19.4. The van der Waals surface area contributed by atoms with Crippen LogP contribution in [0.4, 0.5) is 17.6 Å². The maximum absolute atomic E-state index is 12.6. The van der Waals surface area contributed by atoms with Gasteiger partial charge in [0.15, 0.2) is 6.30 Å². The highest BCUT2D eigenvalue weighted by Gasteiger charge is 2.39. The first-order valence-corrected chi connectivity index (χ1v) is 4.75. The molecule has 2 nitrogen and oxygen atoms in total. The van der Waals surface area contributed by atoms with Gasteiger partial charge in [-0.2, -0.15) is 13.2 Å². The molecule has 0 aliphatic heterocycles. The van der Waals surface area contributed by atoms with Crippen molar-refractivity contribution in [1.82, 2.24) is 5.32 Å². The molecule has 1 N–H and O–H groups in total. The van der Waals surface area contributed by atoms with Crippen LogP contribution in [0.25, 0.3) is 0 Å². The molecule has 0 aromatic heterocycles. The molecule has 0 aliphatic carbocycles. The van der Waals surface area contributed by atoms with Crippen molar-refractivity contribution in [1.29, 1.82) is 0 Å². The Morgan fingerprint density at radius 1 is 1.27 bits per heavy atom. The van der Waals surface area contributed by atoms with Crippen LogP contribution < -0.4 is 5.32 Å². The largest absolute Gasteiger partial charge is 0.471 e. The molecule has 15 heavy (non-hydrogen) atoms. The highest BCUT2D eigenvalue weighted by Crippen LogP contribution is 2.15. The fourth-order valence-corrected chi connectivity index (χ4v) is 0.697. The predicted octanol–water partition coefficient (Wildman–Crippen LogP) is 3.03. The van der Waals surface area contributed by atoms with Crippen LogP contribution in [0.15, 0.2) is 0 Å². The van der Waals surface area contributed by atoms with Gasteiger partial charge in [0.25, 0.3) is 0 Å². The van der Waals surface area contributed by atoms with Gasteiger partial charge in [-0.15, -0.1) is 0 Å². The lowest BCUT2D eigenvalue weighted by atomic mass is 10.1. The van der Waals surface area contributed by atoms with Gasteiger partial charge in [0.2, 0.25) is 0 Å². The molecule has 1 unspecified atom stereocenters. The summed E-state index contributed by atoms with van der Waals surface area (Å²) < 4.78 is 47.3. The van der Waals surface area contributed by atoms with Crippen LogP contribution >= 0.6 is 0 Å². The Bertz CT molecular complexity index is 179. The average molecular weight is 231 g/mol. The number of carbonyl (C=O) groups is 1. The number of carbonyl (C=O) groups excluding carboxylic acids is 1. The first-order valence-electron chi connectivity index (χ1n) is 4.75. The molecule has 0 radical (unpaired) electrons. The topological polar surface area (TPSA) is 29.1 Å². The highest BCUT2D eigenvalue weighted by molar-refractivity contribution is 5.81. The Hall–Kier alpha value is -0.810. The summed E-state index contributed by atoms with van der Waals surface area (Å²) in [6.45, 7) is 7.29. The molecule has 0 heterocycles. The van der Waals surface area contributed by atoms with Gasteiger partial charge in [-0.1, -0.05) is 27.7 Å². The smallest absolute Gasteiger partial charge is 0.319 e. The molecular formula is C9H17F4NO. The van der Waals surface area contributed by atoms with E-state index in [1.54, 1.807) is 13.8 Å². The molecule has 0 spiro atoms. The van der Waals surface area contributed by atoms with Crippen molar-refractivity contribution in [2.75, 3.05) is 0 Å². The van der Waals surface area contributed by atoms with Gasteiger partial charge >= 0.3 is 12.1 Å². The molecule has 1 amide bonds. The minimum atomic E-state index is -5.01. The van der Waals surface area contributed by atoms with E-state index in [-0.39, 0.29) is 12.3 Å². The molecule has 0 saturated heterocycles. The minimum absolute atomic E-state index is 0.108. The van der Waals surface area contributed by atoms with Crippen LogP contribution in [0.3, 0.4) is 0 Å². The van der Waals surface area contributed by atoms with Gasteiger partial charge in [-0.25, -0.2) is 4.39 Å². The van der Waals surface area contributed by atoms with Crippen LogP contribution in [0.2, 0.25) is 0 Å². The molecule has 0 aromatic carbocycles. The second kappa shape index (κ2) is 7.48. The number of alkyl halides is 4. The van der Waals surface area contributed by atoms with E-state index in [0.29, 0.717) is 0 Å². The lowest BCUT2D eigenvalue weighted by Crippen LogP contribution is -2.41. The zero-order valence-electron chi connectivity index (χ0n) is 9.28. The normalized spacial score (nSPS) is 12.9. The van der Waals surface area contributed by atoms with Crippen molar-refractivity contribution in [3.63, 3.8) is 0 Å². The molecule has 0 rings (SSSR count). The van der Waals surface area contributed by atoms with Crippen molar-refractivity contribution in [3.8, 4) is 0 Å². The van der Waals surface area contributed by atoms with Crippen LogP contribution in [0, 0.1) is 5.92 Å². The standard InChI is InChI=1S/C7H11F4NO.C2H6/c1-4(2)3-5(8)12-6(13)7(9,10)11;1-2/h4-5H,3H2,1-2H3,(H,12,13);1-2H3. The Labute approximate surface area is 87.0 Å². The Balaban J connectivity index is 0. The van der Waals surface area contributed by atoms with E-state index in [9.17, 15) is 22.4 Å². The third kappa shape index (κ3) is 9.49. The predicted molar refractivity (Wildman–Crippen MR) is 49.9 cm³/mol. The fourth-order valence-electron chi connectivity index (χ4n) is 0.697. The van der Waals surface area contributed by atoms with Gasteiger partial charge in [0.05, 0.1) is 0 Å². The molecule has 0 aliphatic rings. The molecule has 0 bridgehead atoms. The third-order valence-corrected chi connectivity index (χ3v) is 1.22. The van der Waals surface area contributed by atoms with Gasteiger partial charge in [-0.05, 0) is 12.3 Å². The maximum Gasteiger partial charge on any atom is 0.471 e. The van der Waals surface area contributed by atoms with Gasteiger partial charge in [0.1, 0.15) is 0 Å². The average Bonchev–Trinajstić information content (AvgIpc) is 2.04. The van der Waals surface area contributed by atoms with E-state index >= 15 is 0 Å². The molecule has 6 heteroatoms. The maximum atomic E-state index is 12.6. The molecule has 0 saturated carbocycles. The van der Waals surface area contributed by atoms with Gasteiger partial charge in [-0.3, -0.25) is 4.79 Å². The zero-order chi connectivity index (χ0) is 12.6. The number of nitrogens with one attached hydrogen (secondary N) is 1. The Kier molecular flexibility index (Phi) is 8.28. The summed E-state index contributed by atoms with van der Waals surface area (Å²) in [5.41, 5.74) is 0. The van der Waals surface area contributed by atoms with Crippen LogP contribution in [-0.2, 0) is 4.79 Å². The van der Waals surface area contributed by atoms with Crippen molar-refractivity contribution in [2.24, 2.45) is 5.92 Å². The second-order valence-corrected chi connectivity index (χ2v) is 3.07. The van der Waals surface area contributed by atoms with E-state index < -0.39 is 18.4 Å². The quantitative estimate of drug-likeness (QED) is 0.587. The van der Waals surface area contributed by atoms with Crippen molar-refractivity contribution in [3.05, 3.63) is 0 Å². The molecular weight excluding hydrogens is 214 g/mol. The summed E-state index contributed by atoms with van der Waals surface area (Å²) in [5.74, 6) is -2.34. The first-order chi connectivity index (χ1) is 6.73. The second-order valence-electron chi connectivity index (χ2n) is 3.07. The lowest BCUT2D eigenvalue weighted by molar-refractivity contribution is -0.175. The van der Waals surface area contributed by atoms with E-state index in [1.165, 1.54) is 5.32 Å². The van der Waals surface area contributed by atoms with Crippen molar-refractivity contribution < 1.29 is 22.4 Å².